The van der Waals surface area contributed by atoms with E-state index in [0.717, 1.165) is 23.1 Å². The van der Waals surface area contributed by atoms with Gasteiger partial charge in [0.05, 0.1) is 22.9 Å². The first-order valence-electron chi connectivity index (χ1n) is 11.1. The van der Waals surface area contributed by atoms with Gasteiger partial charge in [-0.2, -0.15) is 0 Å². The molecule has 3 aromatic rings. The first-order valence-corrected chi connectivity index (χ1v) is 11.8. The number of anilines is 2. The normalized spacial score (nSPS) is 18.6. The van der Waals surface area contributed by atoms with Gasteiger partial charge in [-0.1, -0.05) is 23.2 Å². The largest absolute Gasteiger partial charge is 0.393 e. The van der Waals surface area contributed by atoms with Crippen molar-refractivity contribution < 1.29 is 33.0 Å². The zero-order valence-corrected chi connectivity index (χ0v) is 20.9. The number of fused-ring (bicyclic) bond motifs is 1. The fourth-order valence-electron chi connectivity index (χ4n) is 4.22. The van der Waals surface area contributed by atoms with Gasteiger partial charge in [-0.3, -0.25) is 9.59 Å². The van der Waals surface area contributed by atoms with Crippen molar-refractivity contribution in [2.45, 2.75) is 24.9 Å². The van der Waals surface area contributed by atoms with E-state index in [0.29, 0.717) is 11.3 Å². The number of carbonyl (C=O) groups excluding carboxylic acids is 2. The van der Waals surface area contributed by atoms with Gasteiger partial charge >= 0.3 is 0 Å². The molecule has 37 heavy (non-hydrogen) atoms. The van der Waals surface area contributed by atoms with Crippen molar-refractivity contribution in [1.29, 1.82) is 0 Å². The van der Waals surface area contributed by atoms with Gasteiger partial charge in [0.1, 0.15) is 5.82 Å². The summed E-state index contributed by atoms with van der Waals surface area (Å²) in [6.07, 6.45) is -0.913. The van der Waals surface area contributed by atoms with Crippen molar-refractivity contribution in [3.05, 3.63) is 92.7 Å². The molecule has 0 unspecified atom stereocenters. The Morgan fingerprint density at radius 2 is 1.81 bits per heavy atom. The summed E-state index contributed by atoms with van der Waals surface area (Å²) < 4.78 is 43.4. The molecule has 3 aromatic carbocycles. The SMILES string of the molecule is Cc1cc(C(=O)N2CCC(F)(F)[C@](O)(CO)c3cc(Cl)ccc32)ccc1NC(=O)c1cc(F)ccc1Cl. The second-order valence-corrected chi connectivity index (χ2v) is 9.54. The fraction of sp³-hybridized carbons (Fsp3) is 0.231. The molecule has 0 fully saturated rings. The van der Waals surface area contributed by atoms with Crippen LogP contribution in [0.15, 0.2) is 54.6 Å². The summed E-state index contributed by atoms with van der Waals surface area (Å²) in [5.74, 6) is -5.69. The third-order valence-corrected chi connectivity index (χ3v) is 6.88. The molecule has 0 saturated heterocycles. The minimum atomic E-state index is -3.75. The number of carbonyl (C=O) groups is 2. The summed E-state index contributed by atoms with van der Waals surface area (Å²) in [4.78, 5) is 27.1. The number of amides is 2. The molecule has 2 amide bonds. The van der Waals surface area contributed by atoms with E-state index in [1.165, 1.54) is 36.4 Å². The molecule has 0 radical (unpaired) electrons. The molecule has 0 spiro atoms. The number of nitrogens with one attached hydrogen (secondary N) is 1. The fourth-order valence-corrected chi connectivity index (χ4v) is 4.59. The topological polar surface area (TPSA) is 89.9 Å². The quantitative estimate of drug-likeness (QED) is 0.395. The van der Waals surface area contributed by atoms with Crippen LogP contribution in [0.5, 0.6) is 0 Å². The first kappa shape index (κ1) is 26.9. The molecule has 0 aliphatic carbocycles. The van der Waals surface area contributed by atoms with E-state index in [-0.39, 0.29) is 32.4 Å². The average Bonchev–Trinajstić information content (AvgIpc) is 2.94. The van der Waals surface area contributed by atoms with Crippen LogP contribution in [-0.2, 0) is 5.60 Å². The van der Waals surface area contributed by atoms with Crippen LogP contribution in [0.3, 0.4) is 0 Å². The van der Waals surface area contributed by atoms with E-state index < -0.39 is 48.7 Å². The van der Waals surface area contributed by atoms with Crippen LogP contribution >= 0.6 is 23.2 Å². The van der Waals surface area contributed by atoms with Gasteiger partial charge in [-0.25, -0.2) is 13.2 Å². The van der Waals surface area contributed by atoms with Crippen LogP contribution in [0.25, 0.3) is 0 Å². The summed E-state index contributed by atoms with van der Waals surface area (Å²) in [6.45, 7) is -0.106. The lowest BCUT2D eigenvalue weighted by molar-refractivity contribution is -0.205. The highest BCUT2D eigenvalue weighted by molar-refractivity contribution is 6.34. The van der Waals surface area contributed by atoms with Gasteiger partial charge < -0.3 is 20.4 Å². The van der Waals surface area contributed by atoms with Crippen molar-refractivity contribution in [3.63, 3.8) is 0 Å². The molecule has 1 aliphatic heterocycles. The Kier molecular flexibility index (Phi) is 7.27. The molecule has 0 aromatic heterocycles. The molecule has 6 nitrogen and oxygen atoms in total. The molecule has 3 N–H and O–H groups in total. The number of alkyl halides is 2. The lowest BCUT2D eigenvalue weighted by Crippen LogP contribution is -2.48. The minimum absolute atomic E-state index is 0.0149. The Morgan fingerprint density at radius 1 is 1.08 bits per heavy atom. The number of halogens is 5. The summed E-state index contributed by atoms with van der Waals surface area (Å²) >= 11 is 12.0. The zero-order valence-electron chi connectivity index (χ0n) is 19.4. The molecule has 194 valence electrons. The number of aliphatic hydroxyl groups excluding tert-OH is 1. The maximum Gasteiger partial charge on any atom is 0.284 e. The third-order valence-electron chi connectivity index (χ3n) is 6.32. The Labute approximate surface area is 220 Å². The highest BCUT2D eigenvalue weighted by Gasteiger charge is 2.56. The molecule has 0 saturated carbocycles. The molecular formula is C26H21Cl2F3N2O4. The van der Waals surface area contributed by atoms with E-state index in [2.05, 4.69) is 5.32 Å². The Hall–Kier alpha value is -3.11. The zero-order chi connectivity index (χ0) is 27.1. The first-order chi connectivity index (χ1) is 17.4. The predicted octanol–water partition coefficient (Wildman–Crippen LogP) is 5.56. The van der Waals surface area contributed by atoms with Crippen LogP contribution in [0.2, 0.25) is 10.0 Å². The molecule has 11 heteroatoms. The van der Waals surface area contributed by atoms with Crippen LogP contribution in [0, 0.1) is 12.7 Å². The van der Waals surface area contributed by atoms with Gasteiger partial charge in [0.2, 0.25) is 0 Å². The Bertz CT molecular complexity index is 1400. The summed E-state index contributed by atoms with van der Waals surface area (Å²) in [5.41, 5.74) is -2.48. The number of aryl methyl sites for hydroxylation is 1. The van der Waals surface area contributed by atoms with E-state index >= 15 is 0 Å². The number of aliphatic hydroxyl groups is 2. The number of rotatable bonds is 4. The minimum Gasteiger partial charge on any atom is -0.393 e. The summed E-state index contributed by atoms with van der Waals surface area (Å²) in [5, 5.41) is 23.2. The second kappa shape index (κ2) is 9.98. The lowest BCUT2D eigenvalue weighted by atomic mass is 9.86. The Balaban J connectivity index is 1.66. The van der Waals surface area contributed by atoms with Gasteiger partial charge in [0.15, 0.2) is 5.60 Å². The number of benzene rings is 3. The summed E-state index contributed by atoms with van der Waals surface area (Å²) in [6, 6.07) is 11.5. The highest BCUT2D eigenvalue weighted by Crippen LogP contribution is 2.47. The van der Waals surface area contributed by atoms with Gasteiger partial charge in [-0.05, 0) is 67.1 Å². The monoisotopic (exact) mass is 552 g/mol. The van der Waals surface area contributed by atoms with E-state index in [1.807, 2.05) is 0 Å². The molecule has 0 bridgehead atoms. The van der Waals surface area contributed by atoms with Crippen molar-refractivity contribution in [2.24, 2.45) is 0 Å². The Morgan fingerprint density at radius 3 is 2.49 bits per heavy atom. The van der Waals surface area contributed by atoms with Crippen LogP contribution in [0.4, 0.5) is 24.5 Å². The van der Waals surface area contributed by atoms with Crippen molar-refractivity contribution in [3.8, 4) is 0 Å². The molecule has 4 rings (SSSR count). The second-order valence-electron chi connectivity index (χ2n) is 8.70. The van der Waals surface area contributed by atoms with Crippen LogP contribution in [0.1, 0.15) is 38.3 Å². The van der Waals surface area contributed by atoms with Crippen LogP contribution in [-0.4, -0.2) is 41.1 Å². The maximum atomic E-state index is 14.9. The lowest BCUT2D eigenvalue weighted by Gasteiger charge is -2.33. The number of hydrogen-bond donors (Lipinski definition) is 3. The summed E-state index contributed by atoms with van der Waals surface area (Å²) in [7, 11) is 0. The molecule has 1 aliphatic rings. The van der Waals surface area contributed by atoms with Crippen molar-refractivity contribution in [1.82, 2.24) is 0 Å². The third kappa shape index (κ3) is 4.92. The smallest absolute Gasteiger partial charge is 0.284 e. The van der Waals surface area contributed by atoms with Gasteiger partial charge in [0, 0.05) is 34.8 Å². The average molecular weight is 553 g/mol. The number of nitrogens with zero attached hydrogens (tertiary/aromatic N) is 1. The molecule has 1 heterocycles. The number of hydrogen-bond acceptors (Lipinski definition) is 4. The van der Waals surface area contributed by atoms with Crippen molar-refractivity contribution >= 4 is 46.4 Å². The van der Waals surface area contributed by atoms with E-state index in [1.54, 1.807) is 6.92 Å². The van der Waals surface area contributed by atoms with E-state index in [9.17, 15) is 33.0 Å². The van der Waals surface area contributed by atoms with Crippen molar-refractivity contribution in [2.75, 3.05) is 23.4 Å². The molecule has 1 atom stereocenters. The predicted molar refractivity (Wildman–Crippen MR) is 134 cm³/mol. The van der Waals surface area contributed by atoms with Crippen LogP contribution < -0.4 is 10.2 Å². The highest BCUT2D eigenvalue weighted by atomic mass is 35.5. The van der Waals surface area contributed by atoms with Gasteiger partial charge in [0.25, 0.3) is 17.7 Å². The van der Waals surface area contributed by atoms with E-state index in [4.69, 9.17) is 23.2 Å². The van der Waals surface area contributed by atoms with Gasteiger partial charge in [-0.15, -0.1) is 0 Å². The molecular weight excluding hydrogens is 532 g/mol. The standard InChI is InChI=1S/C26H21Cl2F3N2O4/c1-14-10-15(2-6-21(14)32-23(35)18-12-17(29)4-5-20(18)28)24(36)33-9-8-26(30,31)25(37,13-34)19-11-16(27)3-7-22(19)33/h2-7,10-12,34,37H,8-9,13H2,1H3,(H,32,35)/t25-/m0/s1. The maximum absolute atomic E-state index is 14.9.